The Balaban J connectivity index is 1.96. The molecule has 1 heterocycles. The third-order valence-electron chi connectivity index (χ3n) is 4.30. The van der Waals surface area contributed by atoms with Gasteiger partial charge in [-0.1, -0.05) is 50.2 Å². The largest absolute Gasteiger partial charge is 0.242 e. The van der Waals surface area contributed by atoms with E-state index in [0.29, 0.717) is 5.92 Å². The Labute approximate surface area is 136 Å². The van der Waals surface area contributed by atoms with E-state index in [2.05, 4.69) is 79.7 Å². The van der Waals surface area contributed by atoms with Crippen LogP contribution in [0.25, 0.3) is 22.0 Å². The van der Waals surface area contributed by atoms with Crippen molar-refractivity contribution in [2.45, 2.75) is 31.2 Å². The lowest BCUT2D eigenvalue weighted by Crippen LogP contribution is -1.90. The molecule has 3 rings (SSSR count). The number of hydrogen-bond acceptors (Lipinski definition) is 2. The Hall–Kier alpha value is -1.80. The van der Waals surface area contributed by atoms with Gasteiger partial charge in [-0.05, 0) is 53.5 Å². The highest BCUT2D eigenvalue weighted by Gasteiger charge is 2.05. The van der Waals surface area contributed by atoms with Gasteiger partial charge in [0.05, 0.1) is 10.5 Å². The first kappa shape index (κ1) is 15.1. The summed E-state index contributed by atoms with van der Waals surface area (Å²) in [7, 11) is 0. The summed E-state index contributed by atoms with van der Waals surface area (Å²) in [5.41, 5.74) is 5.00. The summed E-state index contributed by atoms with van der Waals surface area (Å²) in [6.07, 6.45) is 3.24. The molecule has 0 radical (unpaired) electrons. The maximum absolute atomic E-state index is 4.64. The van der Waals surface area contributed by atoms with Crippen LogP contribution in [0.15, 0.2) is 59.6 Å². The number of rotatable bonds is 4. The third kappa shape index (κ3) is 3.02. The van der Waals surface area contributed by atoms with Gasteiger partial charge in [0.2, 0.25) is 0 Å². The van der Waals surface area contributed by atoms with Crippen molar-refractivity contribution in [1.29, 1.82) is 0 Å². The Morgan fingerprint density at radius 1 is 0.955 bits per heavy atom. The lowest BCUT2D eigenvalue weighted by Gasteiger charge is -2.10. The Morgan fingerprint density at radius 3 is 2.36 bits per heavy atom. The van der Waals surface area contributed by atoms with Crippen molar-refractivity contribution < 1.29 is 0 Å². The summed E-state index contributed by atoms with van der Waals surface area (Å²) in [6, 6.07) is 19.7. The minimum absolute atomic E-state index is 0.625. The van der Waals surface area contributed by atoms with Gasteiger partial charge in [-0.2, -0.15) is 0 Å². The van der Waals surface area contributed by atoms with Crippen LogP contribution in [0.4, 0.5) is 0 Å². The average Bonchev–Trinajstić information content (AvgIpc) is 2.60. The number of pyridine rings is 1. The predicted molar refractivity (Wildman–Crippen MR) is 97.7 cm³/mol. The second-order valence-corrected chi connectivity index (χ2v) is 6.52. The highest BCUT2D eigenvalue weighted by Crippen LogP contribution is 2.27. The van der Waals surface area contributed by atoms with Crippen LogP contribution in [0.2, 0.25) is 0 Å². The van der Waals surface area contributed by atoms with Gasteiger partial charge in [-0.15, -0.1) is 11.8 Å². The molecule has 0 amide bonds. The van der Waals surface area contributed by atoms with Gasteiger partial charge < -0.3 is 0 Å². The van der Waals surface area contributed by atoms with Crippen LogP contribution in [0.1, 0.15) is 31.7 Å². The molecule has 3 aromatic rings. The van der Waals surface area contributed by atoms with E-state index in [9.17, 15) is 0 Å². The first-order valence-electron chi connectivity index (χ1n) is 7.76. The summed E-state index contributed by atoms with van der Waals surface area (Å²) in [5, 5.41) is 2.26. The molecular formula is C20H21NS. The highest BCUT2D eigenvalue weighted by atomic mass is 32.2. The van der Waals surface area contributed by atoms with Gasteiger partial charge in [0, 0.05) is 5.39 Å². The van der Waals surface area contributed by atoms with Crippen molar-refractivity contribution in [3.05, 3.63) is 60.2 Å². The maximum Gasteiger partial charge on any atom is 0.0964 e. The minimum Gasteiger partial charge on any atom is -0.242 e. The second-order valence-electron chi connectivity index (χ2n) is 5.69. The van der Waals surface area contributed by atoms with E-state index in [0.717, 1.165) is 10.5 Å². The molecule has 1 aromatic heterocycles. The van der Waals surface area contributed by atoms with E-state index in [1.807, 2.05) is 0 Å². The summed E-state index contributed by atoms with van der Waals surface area (Å²) < 4.78 is 0. The van der Waals surface area contributed by atoms with Crippen molar-refractivity contribution >= 4 is 22.7 Å². The van der Waals surface area contributed by atoms with Crippen molar-refractivity contribution in [3.8, 4) is 11.1 Å². The standard InChI is InChI=1S/C20H21NS/c1-4-14(2)15-5-7-16(8-6-15)17-9-11-19-18(13-17)10-12-20(21-19)22-3/h5-14H,4H2,1-3H3. The first-order chi connectivity index (χ1) is 10.7. The molecule has 0 aliphatic carbocycles. The van der Waals surface area contributed by atoms with Gasteiger partial charge in [0.15, 0.2) is 0 Å². The van der Waals surface area contributed by atoms with Crippen LogP contribution in [0.3, 0.4) is 0 Å². The topological polar surface area (TPSA) is 12.9 Å². The molecule has 0 bridgehead atoms. The van der Waals surface area contributed by atoms with Crippen LogP contribution in [0, 0.1) is 0 Å². The number of nitrogens with zero attached hydrogens (tertiary/aromatic N) is 1. The fraction of sp³-hybridized carbons (Fsp3) is 0.250. The Bertz CT molecular complexity index is 777. The summed E-state index contributed by atoms with van der Waals surface area (Å²) in [5.74, 6) is 0.625. The molecule has 0 spiro atoms. The second kappa shape index (κ2) is 6.53. The quantitative estimate of drug-likeness (QED) is 0.537. The molecule has 0 saturated carbocycles. The normalized spacial score (nSPS) is 12.5. The van der Waals surface area contributed by atoms with E-state index in [1.54, 1.807) is 11.8 Å². The van der Waals surface area contributed by atoms with E-state index in [4.69, 9.17) is 0 Å². The number of thioether (sulfide) groups is 1. The smallest absolute Gasteiger partial charge is 0.0964 e. The zero-order valence-electron chi connectivity index (χ0n) is 13.3. The molecule has 0 fully saturated rings. The van der Waals surface area contributed by atoms with Gasteiger partial charge in [0.1, 0.15) is 0 Å². The molecule has 0 aliphatic heterocycles. The molecule has 1 atom stereocenters. The number of hydrogen-bond donors (Lipinski definition) is 0. The zero-order chi connectivity index (χ0) is 15.5. The molecule has 2 heteroatoms. The molecule has 0 aliphatic rings. The van der Waals surface area contributed by atoms with Crippen LogP contribution < -0.4 is 0 Å². The molecule has 22 heavy (non-hydrogen) atoms. The number of benzene rings is 2. The van der Waals surface area contributed by atoms with Crippen molar-refractivity contribution in [1.82, 2.24) is 4.98 Å². The number of aromatic nitrogens is 1. The monoisotopic (exact) mass is 307 g/mol. The fourth-order valence-electron chi connectivity index (χ4n) is 2.64. The van der Waals surface area contributed by atoms with E-state index in [-0.39, 0.29) is 0 Å². The maximum atomic E-state index is 4.64. The van der Waals surface area contributed by atoms with Crippen LogP contribution in [-0.4, -0.2) is 11.2 Å². The number of fused-ring (bicyclic) bond motifs is 1. The minimum atomic E-state index is 0.625. The lowest BCUT2D eigenvalue weighted by molar-refractivity contribution is 0.734. The third-order valence-corrected chi connectivity index (χ3v) is 4.94. The van der Waals surface area contributed by atoms with Gasteiger partial charge in [-0.25, -0.2) is 4.98 Å². The molecule has 0 N–H and O–H groups in total. The summed E-state index contributed by atoms with van der Waals surface area (Å²) in [4.78, 5) is 4.64. The van der Waals surface area contributed by atoms with Crippen LogP contribution >= 0.6 is 11.8 Å². The van der Waals surface area contributed by atoms with Crippen molar-refractivity contribution in [3.63, 3.8) is 0 Å². The van der Waals surface area contributed by atoms with E-state index in [1.165, 1.54) is 28.5 Å². The Morgan fingerprint density at radius 2 is 1.68 bits per heavy atom. The molecule has 0 saturated heterocycles. The highest BCUT2D eigenvalue weighted by molar-refractivity contribution is 7.98. The van der Waals surface area contributed by atoms with E-state index >= 15 is 0 Å². The van der Waals surface area contributed by atoms with Gasteiger partial charge in [0.25, 0.3) is 0 Å². The molecule has 1 unspecified atom stereocenters. The molecule has 1 nitrogen and oxygen atoms in total. The van der Waals surface area contributed by atoms with Gasteiger partial charge >= 0.3 is 0 Å². The predicted octanol–water partition coefficient (Wildman–Crippen LogP) is 6.14. The lowest BCUT2D eigenvalue weighted by atomic mass is 9.95. The molecular weight excluding hydrogens is 286 g/mol. The summed E-state index contributed by atoms with van der Waals surface area (Å²) in [6.45, 7) is 4.51. The summed E-state index contributed by atoms with van der Waals surface area (Å²) >= 11 is 1.68. The molecule has 112 valence electrons. The SMILES string of the molecule is CCC(C)c1ccc(-c2ccc3nc(SC)ccc3c2)cc1. The zero-order valence-corrected chi connectivity index (χ0v) is 14.2. The van der Waals surface area contributed by atoms with Crippen LogP contribution in [-0.2, 0) is 0 Å². The van der Waals surface area contributed by atoms with Crippen molar-refractivity contribution in [2.24, 2.45) is 0 Å². The average molecular weight is 307 g/mol. The fourth-order valence-corrected chi connectivity index (χ4v) is 3.03. The van der Waals surface area contributed by atoms with Gasteiger partial charge in [-0.3, -0.25) is 0 Å². The molecule has 2 aromatic carbocycles. The van der Waals surface area contributed by atoms with Crippen LogP contribution in [0.5, 0.6) is 0 Å². The first-order valence-corrected chi connectivity index (χ1v) is 8.99. The Kier molecular flexibility index (Phi) is 4.49. The van der Waals surface area contributed by atoms with E-state index < -0.39 is 0 Å². The van der Waals surface area contributed by atoms with Crippen molar-refractivity contribution in [2.75, 3.05) is 6.26 Å².